The van der Waals surface area contributed by atoms with Gasteiger partial charge in [0.15, 0.2) is 5.76 Å². The maximum absolute atomic E-state index is 11.3. The van der Waals surface area contributed by atoms with Crippen molar-refractivity contribution in [3.63, 3.8) is 0 Å². The van der Waals surface area contributed by atoms with E-state index < -0.39 is 5.91 Å². The largest absolute Gasteiger partial charge is 0.463 e. The normalized spacial score (nSPS) is 10.4. The molecule has 2 N–H and O–H groups in total. The number of furan rings is 1. The zero-order valence-corrected chi connectivity index (χ0v) is 14.8. The van der Waals surface area contributed by atoms with E-state index in [-0.39, 0.29) is 0 Å². The van der Waals surface area contributed by atoms with E-state index in [1.807, 2.05) is 48.5 Å². The summed E-state index contributed by atoms with van der Waals surface area (Å²) in [5, 5.41) is 9.01. The summed E-state index contributed by atoms with van der Waals surface area (Å²) in [4.78, 5) is 16.0. The molecule has 0 fully saturated rings. The van der Waals surface area contributed by atoms with Gasteiger partial charge in [0.05, 0.1) is 23.6 Å². The van der Waals surface area contributed by atoms with Gasteiger partial charge in [-0.05, 0) is 59.7 Å². The van der Waals surface area contributed by atoms with E-state index in [2.05, 4.69) is 6.07 Å². The SMILES string of the molecule is N#Cc1ccc(-c2cc(-c3ccc(C(N)=O)cc3)cc(-c3ccco3)n2)cc1. The first kappa shape index (κ1) is 17.3. The van der Waals surface area contributed by atoms with Crippen LogP contribution in [0, 0.1) is 11.3 Å². The van der Waals surface area contributed by atoms with Crippen LogP contribution in [0.25, 0.3) is 33.8 Å². The Labute approximate surface area is 161 Å². The lowest BCUT2D eigenvalue weighted by Crippen LogP contribution is -2.10. The van der Waals surface area contributed by atoms with E-state index in [0.717, 1.165) is 22.4 Å². The Balaban J connectivity index is 1.84. The summed E-state index contributed by atoms with van der Waals surface area (Å²) in [5.74, 6) is 0.196. The highest BCUT2D eigenvalue weighted by Crippen LogP contribution is 2.30. The fourth-order valence-corrected chi connectivity index (χ4v) is 2.94. The number of hydrogen-bond acceptors (Lipinski definition) is 4. The number of nitrogens with two attached hydrogens (primary N) is 1. The Morgan fingerprint density at radius 3 is 2.18 bits per heavy atom. The maximum atomic E-state index is 11.3. The van der Waals surface area contributed by atoms with Crippen LogP contribution in [0.1, 0.15) is 15.9 Å². The third-order valence-electron chi connectivity index (χ3n) is 4.41. The summed E-state index contributed by atoms with van der Waals surface area (Å²) in [7, 11) is 0. The van der Waals surface area contributed by atoms with Gasteiger partial charge >= 0.3 is 0 Å². The van der Waals surface area contributed by atoms with Crippen LogP contribution in [0.2, 0.25) is 0 Å². The Morgan fingerprint density at radius 2 is 1.57 bits per heavy atom. The van der Waals surface area contributed by atoms with Crippen molar-refractivity contribution >= 4 is 5.91 Å². The van der Waals surface area contributed by atoms with Crippen molar-refractivity contribution in [2.45, 2.75) is 0 Å². The van der Waals surface area contributed by atoms with Crippen molar-refractivity contribution in [2.75, 3.05) is 0 Å². The number of aromatic nitrogens is 1. The van der Waals surface area contributed by atoms with Gasteiger partial charge in [0.2, 0.25) is 5.91 Å². The fourth-order valence-electron chi connectivity index (χ4n) is 2.94. The maximum Gasteiger partial charge on any atom is 0.248 e. The van der Waals surface area contributed by atoms with E-state index in [1.54, 1.807) is 30.5 Å². The second kappa shape index (κ2) is 7.22. The topological polar surface area (TPSA) is 92.9 Å². The van der Waals surface area contributed by atoms with Crippen molar-refractivity contribution < 1.29 is 9.21 Å². The van der Waals surface area contributed by atoms with E-state index in [1.165, 1.54) is 0 Å². The van der Waals surface area contributed by atoms with Crippen LogP contribution in [-0.2, 0) is 0 Å². The molecule has 28 heavy (non-hydrogen) atoms. The average Bonchev–Trinajstić information content (AvgIpc) is 3.28. The van der Waals surface area contributed by atoms with Crippen molar-refractivity contribution in [2.24, 2.45) is 5.73 Å². The van der Waals surface area contributed by atoms with Gasteiger partial charge in [-0.25, -0.2) is 4.98 Å². The van der Waals surface area contributed by atoms with Crippen LogP contribution in [-0.4, -0.2) is 10.9 Å². The number of amides is 1. The van der Waals surface area contributed by atoms with Gasteiger partial charge in [0.1, 0.15) is 5.69 Å². The van der Waals surface area contributed by atoms with Gasteiger partial charge < -0.3 is 10.2 Å². The highest BCUT2D eigenvalue weighted by Gasteiger charge is 2.11. The molecule has 2 aromatic carbocycles. The summed E-state index contributed by atoms with van der Waals surface area (Å²) in [5.41, 5.74) is 10.6. The van der Waals surface area contributed by atoms with E-state index in [4.69, 9.17) is 20.4 Å². The molecule has 0 unspecified atom stereocenters. The zero-order valence-electron chi connectivity index (χ0n) is 14.8. The first-order chi connectivity index (χ1) is 13.6. The number of hydrogen-bond donors (Lipinski definition) is 1. The summed E-state index contributed by atoms with van der Waals surface area (Å²) < 4.78 is 5.52. The highest BCUT2D eigenvalue weighted by molar-refractivity contribution is 5.93. The molecule has 0 aliphatic carbocycles. The lowest BCUT2D eigenvalue weighted by molar-refractivity contribution is 0.100. The highest BCUT2D eigenvalue weighted by atomic mass is 16.3. The number of carbonyl (C=O) groups is 1. The van der Waals surface area contributed by atoms with Crippen molar-refractivity contribution in [3.05, 3.63) is 90.2 Å². The van der Waals surface area contributed by atoms with Gasteiger partial charge in [0.25, 0.3) is 0 Å². The summed E-state index contributed by atoms with van der Waals surface area (Å²) in [6, 6.07) is 24.0. The van der Waals surface area contributed by atoms with Gasteiger partial charge in [-0.15, -0.1) is 0 Å². The Bertz CT molecular complexity index is 1170. The van der Waals surface area contributed by atoms with E-state index in [0.29, 0.717) is 22.6 Å². The van der Waals surface area contributed by atoms with Gasteiger partial charge in [-0.2, -0.15) is 5.26 Å². The molecule has 0 aliphatic rings. The lowest BCUT2D eigenvalue weighted by atomic mass is 10.00. The summed E-state index contributed by atoms with van der Waals surface area (Å²) >= 11 is 0. The van der Waals surface area contributed by atoms with Crippen LogP contribution in [0.4, 0.5) is 0 Å². The third kappa shape index (κ3) is 3.39. The molecule has 4 aromatic rings. The van der Waals surface area contributed by atoms with Crippen LogP contribution in [0.5, 0.6) is 0 Å². The van der Waals surface area contributed by atoms with Crippen molar-refractivity contribution in [1.82, 2.24) is 4.98 Å². The van der Waals surface area contributed by atoms with Gasteiger partial charge in [-0.3, -0.25) is 4.79 Å². The number of pyridine rings is 1. The molecule has 1 amide bonds. The number of carbonyl (C=O) groups excluding carboxylic acids is 1. The third-order valence-corrected chi connectivity index (χ3v) is 4.41. The Hall–Kier alpha value is -4.17. The first-order valence-electron chi connectivity index (χ1n) is 8.61. The minimum Gasteiger partial charge on any atom is -0.463 e. The Morgan fingerprint density at radius 1 is 0.893 bits per heavy atom. The Kier molecular flexibility index (Phi) is 4.45. The minimum absolute atomic E-state index is 0.455. The van der Waals surface area contributed by atoms with Crippen LogP contribution in [0.15, 0.2) is 83.5 Å². The monoisotopic (exact) mass is 365 g/mol. The van der Waals surface area contributed by atoms with Crippen LogP contribution >= 0.6 is 0 Å². The lowest BCUT2D eigenvalue weighted by Gasteiger charge is -2.09. The molecule has 4 rings (SSSR count). The standard InChI is InChI=1S/C23H15N3O2/c24-14-15-3-5-17(6-4-15)20-12-19(13-21(26-20)22-2-1-11-28-22)16-7-9-18(10-8-16)23(25)27/h1-13H,(H2,25,27). The first-order valence-corrected chi connectivity index (χ1v) is 8.61. The molecule has 2 heterocycles. The molecule has 5 nitrogen and oxygen atoms in total. The van der Waals surface area contributed by atoms with Crippen molar-refractivity contribution in [1.29, 1.82) is 5.26 Å². The molecule has 5 heteroatoms. The molecule has 0 spiro atoms. The minimum atomic E-state index is -0.462. The molecular formula is C23H15N3O2. The molecule has 0 saturated carbocycles. The molecule has 134 valence electrons. The smallest absolute Gasteiger partial charge is 0.248 e. The molecule has 2 aromatic heterocycles. The second-order valence-electron chi connectivity index (χ2n) is 6.23. The van der Waals surface area contributed by atoms with E-state index in [9.17, 15) is 4.79 Å². The number of nitriles is 1. The molecular weight excluding hydrogens is 350 g/mol. The van der Waals surface area contributed by atoms with Crippen LogP contribution < -0.4 is 5.73 Å². The van der Waals surface area contributed by atoms with Crippen LogP contribution in [0.3, 0.4) is 0 Å². The molecule has 0 aliphatic heterocycles. The molecule has 0 saturated heterocycles. The summed E-state index contributed by atoms with van der Waals surface area (Å²) in [6.07, 6.45) is 1.60. The molecule has 0 radical (unpaired) electrons. The predicted octanol–water partition coefficient (Wildman–Crippen LogP) is 4.65. The van der Waals surface area contributed by atoms with E-state index >= 15 is 0 Å². The number of rotatable bonds is 4. The fraction of sp³-hybridized carbons (Fsp3) is 0. The quantitative estimate of drug-likeness (QED) is 0.570. The average molecular weight is 365 g/mol. The van der Waals surface area contributed by atoms with Crippen molar-refractivity contribution in [3.8, 4) is 39.9 Å². The summed E-state index contributed by atoms with van der Waals surface area (Å²) in [6.45, 7) is 0. The number of nitrogens with zero attached hydrogens (tertiary/aromatic N) is 2. The second-order valence-corrected chi connectivity index (χ2v) is 6.23. The molecule has 0 atom stereocenters. The van der Waals surface area contributed by atoms with Gasteiger partial charge in [0, 0.05) is 11.1 Å². The molecule has 0 bridgehead atoms. The predicted molar refractivity (Wildman–Crippen MR) is 106 cm³/mol. The van der Waals surface area contributed by atoms with Gasteiger partial charge in [-0.1, -0.05) is 24.3 Å². The number of primary amides is 1. The zero-order chi connectivity index (χ0) is 19.5. The number of benzene rings is 2.